The van der Waals surface area contributed by atoms with Gasteiger partial charge in [-0.25, -0.2) is 10.5 Å². The standard InChI is InChI=1S/C25H21N5O4/c1-15(17-10-7-11-18(31)14-17)27-30-25(34)22(26-23(32)16-8-3-2-4-9-16)21-19-12-5-6-13-20(19)24(33)29-28-21/h2-14,22,31H,1H3,(H,26,32)(H,29,33)(H,30,34). The Morgan fingerprint density at radius 1 is 0.941 bits per heavy atom. The van der Waals surface area contributed by atoms with Gasteiger partial charge in [0.25, 0.3) is 17.4 Å². The molecule has 4 N–H and O–H groups in total. The summed E-state index contributed by atoms with van der Waals surface area (Å²) in [6.45, 7) is 1.67. The molecule has 1 heterocycles. The number of H-pyrrole nitrogens is 1. The second-order valence-electron chi connectivity index (χ2n) is 7.48. The second-order valence-corrected chi connectivity index (χ2v) is 7.48. The molecule has 0 bridgehead atoms. The van der Waals surface area contributed by atoms with Gasteiger partial charge in [0.05, 0.1) is 11.1 Å². The quantitative estimate of drug-likeness (QED) is 0.262. The largest absolute Gasteiger partial charge is 0.508 e. The van der Waals surface area contributed by atoms with Crippen LogP contribution >= 0.6 is 0 Å². The number of phenolic OH excluding ortho intramolecular Hbond substituents is 1. The van der Waals surface area contributed by atoms with Gasteiger partial charge >= 0.3 is 0 Å². The van der Waals surface area contributed by atoms with Crippen molar-refractivity contribution >= 4 is 28.3 Å². The number of aromatic hydroxyl groups is 1. The van der Waals surface area contributed by atoms with E-state index in [1.54, 1.807) is 73.7 Å². The number of hydrazone groups is 1. The molecule has 0 spiro atoms. The zero-order chi connectivity index (χ0) is 24.1. The monoisotopic (exact) mass is 455 g/mol. The fraction of sp³-hybridized carbons (Fsp3) is 0.0800. The lowest BCUT2D eigenvalue weighted by atomic mass is 10.0. The maximum atomic E-state index is 13.2. The minimum absolute atomic E-state index is 0.0651. The van der Waals surface area contributed by atoms with E-state index in [-0.39, 0.29) is 11.4 Å². The second kappa shape index (κ2) is 9.78. The van der Waals surface area contributed by atoms with Crippen LogP contribution in [0.4, 0.5) is 0 Å². The zero-order valence-corrected chi connectivity index (χ0v) is 18.1. The molecule has 1 aromatic heterocycles. The zero-order valence-electron chi connectivity index (χ0n) is 18.1. The van der Waals surface area contributed by atoms with Crippen LogP contribution in [0.1, 0.15) is 34.6 Å². The minimum Gasteiger partial charge on any atom is -0.508 e. The number of benzene rings is 3. The number of nitrogens with zero attached hydrogens (tertiary/aromatic N) is 2. The molecule has 0 fully saturated rings. The van der Waals surface area contributed by atoms with E-state index in [1.165, 1.54) is 12.1 Å². The molecule has 0 saturated carbocycles. The van der Waals surface area contributed by atoms with Crippen molar-refractivity contribution in [2.45, 2.75) is 13.0 Å². The molecule has 9 heteroatoms. The normalized spacial score (nSPS) is 12.2. The van der Waals surface area contributed by atoms with Crippen molar-refractivity contribution in [2.75, 3.05) is 0 Å². The first-order valence-electron chi connectivity index (χ1n) is 10.4. The summed E-state index contributed by atoms with van der Waals surface area (Å²) in [4.78, 5) is 38.3. The Morgan fingerprint density at radius 3 is 2.35 bits per heavy atom. The lowest BCUT2D eigenvalue weighted by Crippen LogP contribution is -2.40. The highest BCUT2D eigenvalue weighted by atomic mass is 16.3. The number of amides is 2. The fourth-order valence-electron chi connectivity index (χ4n) is 3.42. The van der Waals surface area contributed by atoms with Crippen molar-refractivity contribution in [1.29, 1.82) is 0 Å². The van der Waals surface area contributed by atoms with E-state index >= 15 is 0 Å². The van der Waals surface area contributed by atoms with E-state index in [0.29, 0.717) is 27.6 Å². The van der Waals surface area contributed by atoms with Gasteiger partial charge in [-0.15, -0.1) is 0 Å². The number of phenols is 1. The average molecular weight is 455 g/mol. The maximum Gasteiger partial charge on any atom is 0.272 e. The molecule has 0 radical (unpaired) electrons. The summed E-state index contributed by atoms with van der Waals surface area (Å²) < 4.78 is 0. The molecule has 34 heavy (non-hydrogen) atoms. The number of nitrogens with one attached hydrogen (secondary N) is 3. The molecule has 170 valence electrons. The van der Waals surface area contributed by atoms with E-state index < -0.39 is 23.4 Å². The van der Waals surface area contributed by atoms with Gasteiger partial charge in [0.15, 0.2) is 6.04 Å². The molecule has 4 aromatic rings. The number of aromatic nitrogens is 2. The topological polar surface area (TPSA) is 137 Å². The molecule has 1 atom stereocenters. The van der Waals surface area contributed by atoms with Crippen molar-refractivity contribution in [3.05, 3.63) is 106 Å². The lowest BCUT2D eigenvalue weighted by Gasteiger charge is -2.18. The smallest absolute Gasteiger partial charge is 0.272 e. The first-order valence-corrected chi connectivity index (χ1v) is 10.4. The molecule has 3 aromatic carbocycles. The van der Waals surface area contributed by atoms with Crippen molar-refractivity contribution in [1.82, 2.24) is 20.9 Å². The van der Waals surface area contributed by atoms with Gasteiger partial charge in [-0.3, -0.25) is 14.4 Å². The van der Waals surface area contributed by atoms with Crippen molar-refractivity contribution in [2.24, 2.45) is 5.10 Å². The maximum absolute atomic E-state index is 13.2. The molecule has 9 nitrogen and oxygen atoms in total. The molecule has 0 saturated heterocycles. The molecule has 0 aliphatic rings. The van der Waals surface area contributed by atoms with Gasteiger partial charge in [-0.05, 0) is 37.3 Å². The van der Waals surface area contributed by atoms with E-state index in [2.05, 4.69) is 26.0 Å². The van der Waals surface area contributed by atoms with Crippen molar-refractivity contribution in [3.63, 3.8) is 0 Å². The fourth-order valence-corrected chi connectivity index (χ4v) is 3.42. The van der Waals surface area contributed by atoms with Gasteiger partial charge < -0.3 is 10.4 Å². The highest BCUT2D eigenvalue weighted by molar-refractivity contribution is 6.01. The Hall–Kier alpha value is -4.79. The van der Waals surface area contributed by atoms with Gasteiger partial charge in [0.2, 0.25) is 0 Å². The highest BCUT2D eigenvalue weighted by Crippen LogP contribution is 2.20. The number of carbonyl (C=O) groups excluding carboxylic acids is 2. The summed E-state index contributed by atoms with van der Waals surface area (Å²) in [5, 5.41) is 23.7. The van der Waals surface area contributed by atoms with E-state index in [1.807, 2.05) is 0 Å². The number of fused-ring (bicyclic) bond motifs is 1. The number of hydrogen-bond donors (Lipinski definition) is 4. The molecule has 4 rings (SSSR count). The Balaban J connectivity index is 1.70. The van der Waals surface area contributed by atoms with Crippen LogP contribution in [0.25, 0.3) is 10.8 Å². The Bertz CT molecular complexity index is 1450. The van der Waals surface area contributed by atoms with E-state index in [4.69, 9.17) is 0 Å². The predicted octanol–water partition coefficient (Wildman–Crippen LogP) is 2.64. The van der Waals surface area contributed by atoms with Crippen molar-refractivity contribution in [3.8, 4) is 5.75 Å². The third-order valence-corrected chi connectivity index (χ3v) is 5.17. The van der Waals surface area contributed by atoms with Crippen LogP contribution in [0.2, 0.25) is 0 Å². The molecule has 1 unspecified atom stereocenters. The van der Waals surface area contributed by atoms with Gasteiger partial charge in [0, 0.05) is 16.5 Å². The van der Waals surface area contributed by atoms with Gasteiger partial charge in [-0.1, -0.05) is 48.5 Å². The summed E-state index contributed by atoms with van der Waals surface area (Å²) in [5.41, 5.74) is 3.62. The number of carbonyl (C=O) groups is 2. The summed E-state index contributed by atoms with van der Waals surface area (Å²) >= 11 is 0. The highest BCUT2D eigenvalue weighted by Gasteiger charge is 2.27. The summed E-state index contributed by atoms with van der Waals surface area (Å²) in [5.74, 6) is -1.09. The predicted molar refractivity (Wildman–Crippen MR) is 127 cm³/mol. The summed E-state index contributed by atoms with van der Waals surface area (Å²) in [7, 11) is 0. The van der Waals surface area contributed by atoms with Crippen LogP contribution in [-0.4, -0.2) is 32.8 Å². The average Bonchev–Trinajstić information content (AvgIpc) is 2.87. The first kappa shape index (κ1) is 22.4. The van der Waals surface area contributed by atoms with Gasteiger partial charge in [-0.2, -0.15) is 10.2 Å². The SMILES string of the molecule is CC(=NNC(=O)C(NC(=O)c1ccccc1)c1n[nH]c(=O)c2ccccc12)c1cccc(O)c1. The number of rotatable bonds is 6. The lowest BCUT2D eigenvalue weighted by molar-refractivity contribution is -0.123. The van der Waals surface area contributed by atoms with Crippen LogP contribution in [0.3, 0.4) is 0 Å². The summed E-state index contributed by atoms with van der Waals surface area (Å²) in [6, 6.07) is 20.3. The number of aromatic amines is 1. The van der Waals surface area contributed by atoms with E-state index in [9.17, 15) is 19.5 Å². The van der Waals surface area contributed by atoms with E-state index in [0.717, 1.165) is 0 Å². The van der Waals surface area contributed by atoms with Crippen molar-refractivity contribution < 1.29 is 14.7 Å². The first-order chi connectivity index (χ1) is 16.4. The van der Waals surface area contributed by atoms with Crippen LogP contribution in [0.5, 0.6) is 5.75 Å². The van der Waals surface area contributed by atoms with Crippen LogP contribution < -0.4 is 16.3 Å². The van der Waals surface area contributed by atoms with Crippen LogP contribution in [0, 0.1) is 0 Å². The minimum atomic E-state index is -1.25. The Labute approximate surface area is 194 Å². The molecule has 0 aliphatic heterocycles. The Morgan fingerprint density at radius 2 is 1.62 bits per heavy atom. The molecular weight excluding hydrogens is 434 g/mol. The van der Waals surface area contributed by atoms with Crippen LogP contribution in [-0.2, 0) is 4.79 Å². The van der Waals surface area contributed by atoms with Crippen LogP contribution in [0.15, 0.2) is 88.8 Å². The molecule has 2 amide bonds. The van der Waals surface area contributed by atoms with Gasteiger partial charge in [0.1, 0.15) is 11.4 Å². The molecular formula is C25H21N5O4. The summed E-state index contributed by atoms with van der Waals surface area (Å²) in [6.07, 6.45) is 0. The Kier molecular flexibility index (Phi) is 6.45. The molecule has 0 aliphatic carbocycles. The third-order valence-electron chi connectivity index (χ3n) is 5.17. The third kappa shape index (κ3) is 4.83. The number of hydrogen-bond acceptors (Lipinski definition) is 6.